The standard InChI is InChI=1S/C19H22O7/c1-7-5-17-6-18(7,24)4-3-8(17)19-11(9(17)14(21)22)16(2,15(23)26-19)13-10(25-13)12(19)20/h8-13,20,24H,1,3-6H2,2H3,(H,21,22)/t8-,9-,10+,11-,12-,13+,16+,17+,18+,19-/m1/s1. The molecule has 0 radical (unpaired) electrons. The number of ether oxygens (including phenoxy) is 2. The van der Waals surface area contributed by atoms with Gasteiger partial charge in [-0.25, -0.2) is 0 Å². The number of epoxide rings is 1. The Labute approximate surface area is 150 Å². The number of hydrogen-bond acceptors (Lipinski definition) is 6. The topological polar surface area (TPSA) is 117 Å². The van der Waals surface area contributed by atoms with Crippen LogP contribution in [-0.2, 0) is 19.1 Å². The minimum Gasteiger partial charge on any atom is -0.481 e. The van der Waals surface area contributed by atoms with Crippen LogP contribution in [0.15, 0.2) is 12.2 Å². The second-order valence-electron chi connectivity index (χ2n) is 9.60. The van der Waals surface area contributed by atoms with Crippen molar-refractivity contribution in [2.24, 2.45) is 28.6 Å². The van der Waals surface area contributed by atoms with Crippen LogP contribution in [0, 0.1) is 28.6 Å². The maximum Gasteiger partial charge on any atom is 0.315 e. The highest BCUT2D eigenvalue weighted by molar-refractivity contribution is 5.86. The molecule has 0 aromatic carbocycles. The van der Waals surface area contributed by atoms with E-state index in [2.05, 4.69) is 6.58 Å². The molecule has 2 heterocycles. The molecule has 26 heavy (non-hydrogen) atoms. The molecule has 7 heteroatoms. The molecule has 3 N–H and O–H groups in total. The molecular weight excluding hydrogens is 340 g/mol. The predicted octanol–water partition coefficient (Wildman–Crippen LogP) is 0.238. The molecule has 1 spiro atoms. The summed E-state index contributed by atoms with van der Waals surface area (Å²) in [5.41, 5.74) is -3.42. The van der Waals surface area contributed by atoms with Gasteiger partial charge in [-0.05, 0) is 43.6 Å². The Balaban J connectivity index is 1.63. The summed E-state index contributed by atoms with van der Waals surface area (Å²) in [7, 11) is 0. The van der Waals surface area contributed by atoms with E-state index >= 15 is 0 Å². The van der Waals surface area contributed by atoms with Crippen LogP contribution in [0.4, 0.5) is 0 Å². The van der Waals surface area contributed by atoms with Crippen LogP contribution in [-0.4, -0.2) is 56.8 Å². The monoisotopic (exact) mass is 362 g/mol. The van der Waals surface area contributed by atoms with Crippen molar-refractivity contribution >= 4 is 11.9 Å². The van der Waals surface area contributed by atoms with Crippen molar-refractivity contribution in [3.05, 3.63) is 12.2 Å². The van der Waals surface area contributed by atoms with Crippen molar-refractivity contribution in [2.45, 2.75) is 62.1 Å². The lowest BCUT2D eigenvalue weighted by Crippen LogP contribution is -2.59. The van der Waals surface area contributed by atoms with Crippen molar-refractivity contribution in [1.29, 1.82) is 0 Å². The van der Waals surface area contributed by atoms with Crippen LogP contribution in [0.25, 0.3) is 0 Å². The first-order valence-corrected chi connectivity index (χ1v) is 9.33. The van der Waals surface area contributed by atoms with E-state index in [1.807, 2.05) is 0 Å². The lowest BCUT2D eigenvalue weighted by molar-refractivity contribution is -0.180. The zero-order chi connectivity index (χ0) is 18.4. The number of carbonyl (C=O) groups excluding carboxylic acids is 1. The maximum absolute atomic E-state index is 12.9. The van der Waals surface area contributed by atoms with Crippen LogP contribution in [0.1, 0.15) is 32.6 Å². The van der Waals surface area contributed by atoms with Gasteiger partial charge in [0, 0.05) is 11.8 Å². The van der Waals surface area contributed by atoms with E-state index in [9.17, 15) is 24.9 Å². The van der Waals surface area contributed by atoms with E-state index in [4.69, 9.17) is 9.47 Å². The summed E-state index contributed by atoms with van der Waals surface area (Å²) in [6.07, 6.45) is -0.314. The van der Waals surface area contributed by atoms with Gasteiger partial charge in [0.25, 0.3) is 0 Å². The molecular formula is C19H22O7. The molecule has 0 unspecified atom stereocenters. The number of hydrogen-bond donors (Lipinski definition) is 3. The number of rotatable bonds is 1. The molecule has 4 saturated carbocycles. The van der Waals surface area contributed by atoms with Crippen molar-refractivity contribution < 1.29 is 34.4 Å². The van der Waals surface area contributed by atoms with Gasteiger partial charge in [-0.1, -0.05) is 6.58 Å². The summed E-state index contributed by atoms with van der Waals surface area (Å²) in [5, 5.41) is 32.3. The highest BCUT2D eigenvalue weighted by Gasteiger charge is 2.90. The van der Waals surface area contributed by atoms with Crippen LogP contribution in [0.3, 0.4) is 0 Å². The van der Waals surface area contributed by atoms with Gasteiger partial charge >= 0.3 is 11.9 Å². The highest BCUT2D eigenvalue weighted by atomic mass is 16.6. The molecule has 2 saturated heterocycles. The fourth-order valence-electron chi connectivity index (χ4n) is 7.98. The van der Waals surface area contributed by atoms with E-state index in [0.29, 0.717) is 31.3 Å². The Morgan fingerprint density at radius 3 is 2.81 bits per heavy atom. The smallest absolute Gasteiger partial charge is 0.315 e. The largest absolute Gasteiger partial charge is 0.481 e. The zero-order valence-corrected chi connectivity index (χ0v) is 14.5. The third-order valence-corrected chi connectivity index (χ3v) is 8.86. The van der Waals surface area contributed by atoms with E-state index < -0.39 is 64.1 Å². The van der Waals surface area contributed by atoms with Crippen molar-refractivity contribution in [1.82, 2.24) is 0 Å². The first-order chi connectivity index (χ1) is 12.1. The Morgan fingerprint density at radius 1 is 1.38 bits per heavy atom. The third-order valence-electron chi connectivity index (χ3n) is 8.86. The average molecular weight is 362 g/mol. The van der Waals surface area contributed by atoms with Gasteiger partial charge in [-0.15, -0.1) is 0 Å². The van der Waals surface area contributed by atoms with Crippen molar-refractivity contribution in [3.63, 3.8) is 0 Å². The SMILES string of the molecule is C=C1C[C@]23C[C@@]1(O)CC[C@H]2[C@@]12OC(=O)[C@@](C)([C@H]1[C@@H]3C(=O)O)[C@H]1O[C@H]1[C@H]2O. The second-order valence-corrected chi connectivity index (χ2v) is 9.60. The van der Waals surface area contributed by atoms with Gasteiger partial charge in [0.05, 0.1) is 11.5 Å². The normalized spacial score (nSPS) is 63.8. The summed E-state index contributed by atoms with van der Waals surface area (Å²) in [5.74, 6) is -3.29. The van der Waals surface area contributed by atoms with E-state index in [1.165, 1.54) is 0 Å². The Kier molecular flexibility index (Phi) is 2.33. The fourth-order valence-corrected chi connectivity index (χ4v) is 7.98. The Bertz CT molecular complexity index is 808. The highest BCUT2D eigenvalue weighted by Crippen LogP contribution is 2.80. The van der Waals surface area contributed by atoms with Gasteiger partial charge in [-0.3, -0.25) is 9.59 Å². The summed E-state index contributed by atoms with van der Waals surface area (Å²) in [6.45, 7) is 5.77. The average Bonchev–Trinajstić information content (AvgIpc) is 3.24. The molecule has 6 fully saturated rings. The molecule has 7 nitrogen and oxygen atoms in total. The number of aliphatic hydroxyl groups is 2. The maximum atomic E-state index is 12.9. The number of aliphatic carboxylic acids is 1. The number of carbonyl (C=O) groups is 2. The molecule has 0 amide bonds. The van der Waals surface area contributed by atoms with Gasteiger partial charge < -0.3 is 24.8 Å². The molecule has 2 aliphatic heterocycles. The minimum absolute atomic E-state index is 0.313. The molecule has 6 rings (SSSR count). The molecule has 6 aliphatic rings. The van der Waals surface area contributed by atoms with E-state index in [-0.39, 0.29) is 5.92 Å². The quantitative estimate of drug-likeness (QED) is 0.347. The second kappa shape index (κ2) is 3.88. The molecule has 140 valence electrons. The Hall–Kier alpha value is -1.44. The lowest BCUT2D eigenvalue weighted by atomic mass is 9.59. The van der Waals surface area contributed by atoms with Crippen molar-refractivity contribution in [3.8, 4) is 0 Å². The third kappa shape index (κ3) is 1.22. The van der Waals surface area contributed by atoms with Crippen LogP contribution in [0.2, 0.25) is 0 Å². The Morgan fingerprint density at radius 2 is 2.12 bits per heavy atom. The molecule has 0 aromatic heterocycles. The number of carboxylic acid groups (broad SMARTS) is 1. The molecule has 4 bridgehead atoms. The first-order valence-electron chi connectivity index (χ1n) is 9.33. The van der Waals surface area contributed by atoms with Crippen LogP contribution < -0.4 is 0 Å². The van der Waals surface area contributed by atoms with Gasteiger partial charge in [0.2, 0.25) is 0 Å². The molecule has 10 atom stereocenters. The summed E-state index contributed by atoms with van der Waals surface area (Å²) < 4.78 is 11.6. The number of fused-ring (bicyclic) bond motifs is 3. The molecule has 4 aliphatic carbocycles. The van der Waals surface area contributed by atoms with E-state index in [1.54, 1.807) is 6.92 Å². The number of carboxylic acids is 1. The van der Waals surface area contributed by atoms with Crippen molar-refractivity contribution in [2.75, 3.05) is 0 Å². The number of esters is 1. The minimum atomic E-state index is -1.24. The first kappa shape index (κ1) is 15.6. The summed E-state index contributed by atoms with van der Waals surface area (Å²) in [6, 6.07) is 0. The lowest BCUT2D eigenvalue weighted by Gasteiger charge is -2.46. The predicted molar refractivity (Wildman–Crippen MR) is 84.7 cm³/mol. The van der Waals surface area contributed by atoms with Crippen LogP contribution in [0.5, 0.6) is 0 Å². The van der Waals surface area contributed by atoms with Gasteiger partial charge in [0.1, 0.15) is 29.3 Å². The van der Waals surface area contributed by atoms with E-state index in [0.717, 1.165) is 0 Å². The van der Waals surface area contributed by atoms with Gasteiger partial charge in [-0.2, -0.15) is 0 Å². The summed E-state index contributed by atoms with van der Waals surface area (Å²) >= 11 is 0. The fraction of sp³-hybridized carbons (Fsp3) is 0.789. The summed E-state index contributed by atoms with van der Waals surface area (Å²) in [4.78, 5) is 25.4. The zero-order valence-electron chi connectivity index (χ0n) is 14.5. The van der Waals surface area contributed by atoms with Crippen LogP contribution >= 0.6 is 0 Å². The molecule has 0 aromatic rings. The number of aliphatic hydroxyl groups excluding tert-OH is 1. The van der Waals surface area contributed by atoms with Gasteiger partial charge in [0.15, 0.2) is 0 Å².